The zero-order valence-electron chi connectivity index (χ0n) is 19.0. The predicted molar refractivity (Wildman–Crippen MR) is 128 cm³/mol. The fourth-order valence-corrected chi connectivity index (χ4v) is 4.76. The molecule has 0 radical (unpaired) electrons. The lowest BCUT2D eigenvalue weighted by molar-refractivity contribution is -0.135. The Kier molecular flexibility index (Phi) is 6.56. The number of thiophene rings is 1. The number of hydrogen-bond acceptors (Lipinski definition) is 6. The molecule has 0 spiro atoms. The van der Waals surface area contributed by atoms with Gasteiger partial charge in [0.2, 0.25) is 5.91 Å². The van der Waals surface area contributed by atoms with Gasteiger partial charge in [-0.15, -0.1) is 11.3 Å². The van der Waals surface area contributed by atoms with Crippen molar-refractivity contribution in [3.63, 3.8) is 0 Å². The van der Waals surface area contributed by atoms with Gasteiger partial charge in [0.1, 0.15) is 12.1 Å². The van der Waals surface area contributed by atoms with Crippen LogP contribution in [-0.2, 0) is 15.1 Å². The lowest BCUT2D eigenvalue weighted by Gasteiger charge is -2.23. The summed E-state index contributed by atoms with van der Waals surface area (Å²) in [7, 11) is 3.01. The highest BCUT2D eigenvalue weighted by molar-refractivity contribution is 7.10. The van der Waals surface area contributed by atoms with Gasteiger partial charge in [-0.25, -0.2) is 4.79 Å². The number of rotatable bonds is 8. The Hall–Kier alpha value is -3.85. The van der Waals surface area contributed by atoms with E-state index >= 15 is 0 Å². The van der Waals surface area contributed by atoms with E-state index in [1.165, 1.54) is 25.6 Å². The monoisotopic (exact) mass is 479 g/mol. The number of amides is 4. The van der Waals surface area contributed by atoms with Crippen molar-refractivity contribution in [1.82, 2.24) is 15.5 Å². The van der Waals surface area contributed by atoms with Crippen molar-refractivity contribution in [2.24, 2.45) is 0 Å². The number of nitrogens with one attached hydrogen (secondary N) is 2. The first-order chi connectivity index (χ1) is 16.4. The fraction of sp³-hybridized carbons (Fsp3) is 0.240. The molecular formula is C25H25N3O5S. The van der Waals surface area contributed by atoms with E-state index in [1.807, 2.05) is 47.8 Å². The summed E-state index contributed by atoms with van der Waals surface area (Å²) in [6.07, 6.45) is 0. The highest BCUT2D eigenvalue weighted by Crippen LogP contribution is 2.35. The molecule has 1 aliphatic heterocycles. The van der Waals surface area contributed by atoms with Gasteiger partial charge >= 0.3 is 6.03 Å². The van der Waals surface area contributed by atoms with E-state index in [-0.39, 0.29) is 6.04 Å². The van der Waals surface area contributed by atoms with Crippen molar-refractivity contribution in [3.05, 3.63) is 82.0 Å². The van der Waals surface area contributed by atoms with Crippen molar-refractivity contribution in [1.29, 1.82) is 0 Å². The van der Waals surface area contributed by atoms with E-state index < -0.39 is 29.9 Å². The molecule has 34 heavy (non-hydrogen) atoms. The molecule has 1 saturated heterocycles. The number of benzene rings is 2. The zero-order chi connectivity index (χ0) is 24.3. The second-order valence-electron chi connectivity index (χ2n) is 7.94. The van der Waals surface area contributed by atoms with Crippen LogP contribution in [0.2, 0.25) is 0 Å². The molecule has 2 aromatic carbocycles. The van der Waals surface area contributed by atoms with Gasteiger partial charge in [-0.05, 0) is 41.6 Å². The second-order valence-corrected chi connectivity index (χ2v) is 8.92. The van der Waals surface area contributed by atoms with Gasteiger partial charge in [-0.2, -0.15) is 0 Å². The summed E-state index contributed by atoms with van der Waals surface area (Å²) in [6.45, 7) is 1.20. The minimum Gasteiger partial charge on any atom is -0.493 e. The van der Waals surface area contributed by atoms with Crippen LogP contribution >= 0.6 is 11.3 Å². The molecule has 1 aromatic heterocycles. The molecule has 1 fully saturated rings. The second kappa shape index (κ2) is 9.56. The fourth-order valence-electron chi connectivity index (χ4n) is 3.95. The Morgan fingerprint density at radius 3 is 2.44 bits per heavy atom. The van der Waals surface area contributed by atoms with Crippen LogP contribution in [0.4, 0.5) is 4.79 Å². The normalized spacial score (nSPS) is 18.4. The van der Waals surface area contributed by atoms with E-state index in [4.69, 9.17) is 9.47 Å². The molecule has 0 saturated carbocycles. The molecule has 176 valence electrons. The first-order valence-electron chi connectivity index (χ1n) is 10.6. The number of carbonyl (C=O) groups excluding carboxylic acids is 3. The molecule has 8 nitrogen and oxygen atoms in total. The highest BCUT2D eigenvalue weighted by Gasteiger charge is 2.49. The summed E-state index contributed by atoms with van der Waals surface area (Å²) in [4.78, 5) is 40.9. The summed E-state index contributed by atoms with van der Waals surface area (Å²) in [5, 5.41) is 7.62. The Morgan fingerprint density at radius 2 is 1.79 bits per heavy atom. The molecular weight excluding hydrogens is 454 g/mol. The van der Waals surface area contributed by atoms with Gasteiger partial charge in [-0.3, -0.25) is 14.5 Å². The van der Waals surface area contributed by atoms with Crippen molar-refractivity contribution >= 4 is 29.2 Å². The molecule has 2 heterocycles. The minimum atomic E-state index is -1.34. The molecule has 3 aromatic rings. The number of ether oxygens (including phenoxy) is 2. The Balaban J connectivity index is 1.53. The number of methoxy groups -OCH3 is 2. The third kappa shape index (κ3) is 4.34. The van der Waals surface area contributed by atoms with Crippen LogP contribution in [0.1, 0.15) is 29.0 Å². The average molecular weight is 480 g/mol. The van der Waals surface area contributed by atoms with Crippen LogP contribution < -0.4 is 20.1 Å². The zero-order valence-corrected chi connectivity index (χ0v) is 19.8. The summed E-state index contributed by atoms with van der Waals surface area (Å²) in [5.74, 6) is -0.0286. The van der Waals surface area contributed by atoms with Crippen molar-refractivity contribution in [2.45, 2.75) is 18.5 Å². The maximum atomic E-state index is 13.3. The Labute approximate surface area is 201 Å². The van der Waals surface area contributed by atoms with Gasteiger partial charge in [0, 0.05) is 4.88 Å². The van der Waals surface area contributed by atoms with E-state index in [0.29, 0.717) is 17.1 Å². The number of urea groups is 1. The number of carbonyl (C=O) groups is 3. The SMILES string of the molecule is COc1ccc(C2(C)NC(=O)N(CC(=O)NC(c3ccccc3)c3cccs3)C2=O)cc1OC. The third-order valence-electron chi connectivity index (χ3n) is 5.80. The maximum absolute atomic E-state index is 13.3. The van der Waals surface area contributed by atoms with Gasteiger partial charge in [0.25, 0.3) is 5.91 Å². The Morgan fingerprint density at radius 1 is 1.06 bits per heavy atom. The van der Waals surface area contributed by atoms with Crippen molar-refractivity contribution < 1.29 is 23.9 Å². The van der Waals surface area contributed by atoms with Crippen LogP contribution in [0.15, 0.2) is 66.0 Å². The van der Waals surface area contributed by atoms with Gasteiger partial charge < -0.3 is 20.1 Å². The standard InChI is InChI=1S/C25H25N3O5S/c1-25(17-11-12-18(32-2)19(14-17)33-3)23(30)28(24(31)27-25)15-21(29)26-22(20-10-7-13-34-20)16-8-5-4-6-9-16/h4-14,22H,15H2,1-3H3,(H,26,29)(H,27,31). The Bertz CT molecular complexity index is 1200. The molecule has 2 unspecified atom stereocenters. The van der Waals surface area contributed by atoms with Crippen LogP contribution in [0.3, 0.4) is 0 Å². The van der Waals surface area contributed by atoms with Gasteiger partial charge in [0.05, 0.1) is 20.3 Å². The van der Waals surface area contributed by atoms with Gasteiger partial charge in [0.15, 0.2) is 11.5 Å². The molecule has 2 N–H and O–H groups in total. The summed E-state index contributed by atoms with van der Waals surface area (Å²) < 4.78 is 10.6. The first-order valence-corrected chi connectivity index (χ1v) is 11.5. The predicted octanol–water partition coefficient (Wildman–Crippen LogP) is 3.44. The average Bonchev–Trinajstić information content (AvgIpc) is 3.46. The maximum Gasteiger partial charge on any atom is 0.325 e. The molecule has 2 atom stereocenters. The van der Waals surface area contributed by atoms with Gasteiger partial charge in [-0.1, -0.05) is 42.5 Å². The summed E-state index contributed by atoms with van der Waals surface area (Å²) in [5.41, 5.74) is 0.0848. The molecule has 0 aliphatic carbocycles. The largest absolute Gasteiger partial charge is 0.493 e. The van der Waals surface area contributed by atoms with Crippen LogP contribution in [0.5, 0.6) is 11.5 Å². The highest BCUT2D eigenvalue weighted by atomic mass is 32.1. The van der Waals surface area contributed by atoms with E-state index in [9.17, 15) is 14.4 Å². The number of nitrogens with zero attached hydrogens (tertiary/aromatic N) is 1. The summed E-state index contributed by atoms with van der Waals surface area (Å²) in [6, 6.07) is 17.4. The van der Waals surface area contributed by atoms with Crippen LogP contribution in [-0.4, -0.2) is 43.5 Å². The third-order valence-corrected chi connectivity index (χ3v) is 6.74. The first kappa shape index (κ1) is 23.3. The quantitative estimate of drug-likeness (QED) is 0.483. The molecule has 4 rings (SSSR count). The molecule has 9 heteroatoms. The van der Waals surface area contributed by atoms with Crippen LogP contribution in [0, 0.1) is 0 Å². The molecule has 4 amide bonds. The molecule has 1 aliphatic rings. The van der Waals surface area contributed by atoms with Crippen molar-refractivity contribution in [3.8, 4) is 11.5 Å². The number of imide groups is 1. The lowest BCUT2D eigenvalue weighted by atomic mass is 9.91. The van der Waals surface area contributed by atoms with E-state index in [2.05, 4.69) is 10.6 Å². The molecule has 0 bridgehead atoms. The number of hydrogen-bond donors (Lipinski definition) is 2. The van der Waals surface area contributed by atoms with E-state index in [0.717, 1.165) is 15.3 Å². The van der Waals surface area contributed by atoms with Crippen molar-refractivity contribution in [2.75, 3.05) is 20.8 Å². The smallest absolute Gasteiger partial charge is 0.325 e. The van der Waals surface area contributed by atoms with E-state index in [1.54, 1.807) is 25.1 Å². The topological polar surface area (TPSA) is 97.0 Å². The van der Waals surface area contributed by atoms with Crippen LogP contribution in [0.25, 0.3) is 0 Å². The minimum absolute atomic E-state index is 0.383. The summed E-state index contributed by atoms with van der Waals surface area (Å²) >= 11 is 1.52. The lowest BCUT2D eigenvalue weighted by Crippen LogP contribution is -2.44.